The average Bonchev–Trinajstić information content (AvgIpc) is 2.51. The molecule has 1 aromatic carbocycles. The van der Waals surface area contributed by atoms with E-state index in [1.54, 1.807) is 18.2 Å². The Hall–Kier alpha value is -2.08. The van der Waals surface area contributed by atoms with Crippen molar-refractivity contribution in [2.24, 2.45) is 5.92 Å². The summed E-state index contributed by atoms with van der Waals surface area (Å²) in [6.07, 6.45) is 1.61. The standard InChI is InChI=1S/C16H21NO5/c1-11-7-13(5-6-21-11)16(20)17-9-12-3-2-4-14(8-12)22-10-15(18)19/h2-4,8,11,13H,5-7,9-10H2,1H3,(H,17,20)(H,18,19). The Bertz CT molecular complexity index is 531. The van der Waals surface area contributed by atoms with Crippen LogP contribution in [0.4, 0.5) is 0 Å². The zero-order chi connectivity index (χ0) is 15.9. The third-order valence-corrected chi connectivity index (χ3v) is 3.58. The van der Waals surface area contributed by atoms with Crippen molar-refractivity contribution in [3.8, 4) is 5.75 Å². The molecule has 0 radical (unpaired) electrons. The molecule has 0 aromatic heterocycles. The Morgan fingerprint density at radius 2 is 2.27 bits per heavy atom. The van der Waals surface area contributed by atoms with Gasteiger partial charge >= 0.3 is 5.97 Å². The SMILES string of the molecule is CC1CC(C(=O)NCc2cccc(OCC(=O)O)c2)CCO1. The molecule has 6 nitrogen and oxygen atoms in total. The lowest BCUT2D eigenvalue weighted by Gasteiger charge is -2.26. The molecule has 1 heterocycles. The van der Waals surface area contributed by atoms with Gasteiger partial charge in [-0.1, -0.05) is 12.1 Å². The molecule has 120 valence electrons. The van der Waals surface area contributed by atoms with Gasteiger partial charge in [0.2, 0.25) is 5.91 Å². The van der Waals surface area contributed by atoms with Crippen LogP contribution in [0.1, 0.15) is 25.3 Å². The zero-order valence-electron chi connectivity index (χ0n) is 12.6. The number of ether oxygens (including phenoxy) is 2. The van der Waals surface area contributed by atoms with Gasteiger partial charge in [0.1, 0.15) is 5.75 Å². The van der Waals surface area contributed by atoms with Crippen LogP contribution in [0.15, 0.2) is 24.3 Å². The summed E-state index contributed by atoms with van der Waals surface area (Å²) in [5.41, 5.74) is 0.872. The van der Waals surface area contributed by atoms with E-state index in [1.807, 2.05) is 13.0 Å². The molecule has 1 aliphatic heterocycles. The highest BCUT2D eigenvalue weighted by Gasteiger charge is 2.25. The number of nitrogens with one attached hydrogen (secondary N) is 1. The van der Waals surface area contributed by atoms with Crippen molar-refractivity contribution in [1.82, 2.24) is 5.32 Å². The van der Waals surface area contributed by atoms with Crippen LogP contribution in [0.2, 0.25) is 0 Å². The molecule has 1 amide bonds. The summed E-state index contributed by atoms with van der Waals surface area (Å²) in [6.45, 7) is 2.62. The first kappa shape index (κ1) is 16.3. The molecule has 1 fully saturated rings. The number of amides is 1. The Morgan fingerprint density at radius 3 is 3.00 bits per heavy atom. The highest BCUT2D eigenvalue weighted by atomic mass is 16.5. The van der Waals surface area contributed by atoms with E-state index in [2.05, 4.69) is 5.32 Å². The molecule has 0 spiro atoms. The first-order chi connectivity index (χ1) is 10.5. The molecular formula is C16H21NO5. The summed E-state index contributed by atoms with van der Waals surface area (Å²) in [5.74, 6) is -0.511. The van der Waals surface area contributed by atoms with Gasteiger partial charge in [-0.3, -0.25) is 4.79 Å². The molecule has 1 aromatic rings. The molecule has 0 bridgehead atoms. The normalized spacial score (nSPS) is 21.1. The molecular weight excluding hydrogens is 286 g/mol. The third-order valence-electron chi connectivity index (χ3n) is 3.58. The zero-order valence-corrected chi connectivity index (χ0v) is 12.6. The minimum Gasteiger partial charge on any atom is -0.482 e. The fraction of sp³-hybridized carbons (Fsp3) is 0.500. The van der Waals surface area contributed by atoms with Gasteiger partial charge in [0.15, 0.2) is 6.61 Å². The molecule has 2 N–H and O–H groups in total. The van der Waals surface area contributed by atoms with Gasteiger partial charge in [-0.15, -0.1) is 0 Å². The smallest absolute Gasteiger partial charge is 0.341 e. The molecule has 2 rings (SSSR count). The predicted octanol–water partition coefficient (Wildman–Crippen LogP) is 1.58. The monoisotopic (exact) mass is 307 g/mol. The van der Waals surface area contributed by atoms with Crippen molar-refractivity contribution >= 4 is 11.9 Å². The quantitative estimate of drug-likeness (QED) is 0.833. The van der Waals surface area contributed by atoms with Gasteiger partial charge in [-0.05, 0) is 37.5 Å². The van der Waals surface area contributed by atoms with Gasteiger partial charge < -0.3 is 19.9 Å². The van der Waals surface area contributed by atoms with Crippen molar-refractivity contribution < 1.29 is 24.2 Å². The summed E-state index contributed by atoms with van der Waals surface area (Å²) >= 11 is 0. The Balaban J connectivity index is 1.84. The lowest BCUT2D eigenvalue weighted by molar-refractivity contribution is -0.139. The predicted molar refractivity (Wildman–Crippen MR) is 79.6 cm³/mol. The molecule has 0 saturated carbocycles. The fourth-order valence-corrected chi connectivity index (χ4v) is 2.46. The minimum absolute atomic E-state index is 0.00445. The van der Waals surface area contributed by atoms with Crippen LogP contribution in [0, 0.1) is 5.92 Å². The van der Waals surface area contributed by atoms with E-state index < -0.39 is 5.97 Å². The largest absolute Gasteiger partial charge is 0.482 e. The number of hydrogen-bond donors (Lipinski definition) is 2. The second kappa shape index (κ2) is 7.79. The maximum absolute atomic E-state index is 12.1. The molecule has 1 aliphatic rings. The van der Waals surface area contributed by atoms with Crippen molar-refractivity contribution in [2.75, 3.05) is 13.2 Å². The lowest BCUT2D eigenvalue weighted by atomic mass is 9.95. The van der Waals surface area contributed by atoms with Crippen LogP contribution < -0.4 is 10.1 Å². The highest BCUT2D eigenvalue weighted by molar-refractivity contribution is 5.78. The van der Waals surface area contributed by atoms with E-state index in [9.17, 15) is 9.59 Å². The van der Waals surface area contributed by atoms with Gasteiger partial charge in [0, 0.05) is 19.1 Å². The number of carboxylic acids is 1. The van der Waals surface area contributed by atoms with Gasteiger partial charge in [0.05, 0.1) is 6.10 Å². The van der Waals surface area contributed by atoms with E-state index in [4.69, 9.17) is 14.6 Å². The highest BCUT2D eigenvalue weighted by Crippen LogP contribution is 2.20. The van der Waals surface area contributed by atoms with Crippen LogP contribution in [-0.2, 0) is 20.9 Å². The first-order valence-corrected chi connectivity index (χ1v) is 7.37. The van der Waals surface area contributed by atoms with Crippen molar-refractivity contribution in [2.45, 2.75) is 32.4 Å². The maximum Gasteiger partial charge on any atom is 0.341 e. The Labute approximate surface area is 129 Å². The number of carboxylic acid groups (broad SMARTS) is 1. The molecule has 6 heteroatoms. The third kappa shape index (κ3) is 5.04. The number of hydrogen-bond acceptors (Lipinski definition) is 4. The number of rotatable bonds is 6. The van der Waals surface area contributed by atoms with Crippen LogP contribution in [0.5, 0.6) is 5.75 Å². The van der Waals surface area contributed by atoms with Crippen LogP contribution in [-0.4, -0.2) is 36.3 Å². The summed E-state index contributed by atoms with van der Waals surface area (Å²) in [6, 6.07) is 7.06. The average molecular weight is 307 g/mol. The van der Waals surface area contributed by atoms with E-state index in [0.29, 0.717) is 18.9 Å². The van der Waals surface area contributed by atoms with Gasteiger partial charge in [0.25, 0.3) is 0 Å². The van der Waals surface area contributed by atoms with Gasteiger partial charge in [-0.2, -0.15) is 0 Å². The van der Waals surface area contributed by atoms with Gasteiger partial charge in [-0.25, -0.2) is 4.79 Å². The molecule has 22 heavy (non-hydrogen) atoms. The summed E-state index contributed by atoms with van der Waals surface area (Å²) in [5, 5.41) is 11.5. The minimum atomic E-state index is -1.02. The number of carbonyl (C=O) groups excluding carboxylic acids is 1. The summed E-state index contributed by atoms with van der Waals surface area (Å²) in [7, 11) is 0. The van der Waals surface area contributed by atoms with Crippen LogP contribution >= 0.6 is 0 Å². The summed E-state index contributed by atoms with van der Waals surface area (Å²) in [4.78, 5) is 22.6. The first-order valence-electron chi connectivity index (χ1n) is 7.37. The maximum atomic E-state index is 12.1. The second-order valence-corrected chi connectivity index (χ2v) is 5.45. The second-order valence-electron chi connectivity index (χ2n) is 5.45. The fourth-order valence-electron chi connectivity index (χ4n) is 2.46. The number of aliphatic carboxylic acids is 1. The van der Waals surface area contributed by atoms with E-state index >= 15 is 0 Å². The van der Waals surface area contributed by atoms with E-state index in [-0.39, 0.29) is 24.5 Å². The number of carbonyl (C=O) groups is 2. The van der Waals surface area contributed by atoms with E-state index in [0.717, 1.165) is 18.4 Å². The van der Waals surface area contributed by atoms with E-state index in [1.165, 1.54) is 0 Å². The number of benzene rings is 1. The molecule has 0 aliphatic carbocycles. The van der Waals surface area contributed by atoms with Crippen molar-refractivity contribution in [3.05, 3.63) is 29.8 Å². The lowest BCUT2D eigenvalue weighted by Crippen LogP contribution is -2.36. The van der Waals surface area contributed by atoms with Crippen LogP contribution in [0.25, 0.3) is 0 Å². The van der Waals surface area contributed by atoms with Crippen molar-refractivity contribution in [3.63, 3.8) is 0 Å². The molecule has 2 unspecified atom stereocenters. The Morgan fingerprint density at radius 1 is 1.45 bits per heavy atom. The van der Waals surface area contributed by atoms with Crippen molar-refractivity contribution in [1.29, 1.82) is 0 Å². The van der Waals surface area contributed by atoms with Crippen LogP contribution in [0.3, 0.4) is 0 Å². The molecule has 2 atom stereocenters. The Kier molecular flexibility index (Phi) is 5.77. The summed E-state index contributed by atoms with van der Waals surface area (Å²) < 4.78 is 10.6. The topological polar surface area (TPSA) is 84.9 Å². The molecule has 1 saturated heterocycles.